The van der Waals surface area contributed by atoms with E-state index in [0.29, 0.717) is 6.42 Å². The number of carbonyl (C=O) groups excluding carboxylic acids is 1. The summed E-state index contributed by atoms with van der Waals surface area (Å²) in [7, 11) is 0. The van der Waals surface area contributed by atoms with Crippen LogP contribution in [-0.2, 0) is 17.5 Å². The molecule has 0 radical (unpaired) electrons. The first kappa shape index (κ1) is 19.6. The van der Waals surface area contributed by atoms with E-state index in [1.807, 2.05) is 0 Å². The van der Waals surface area contributed by atoms with Gasteiger partial charge < -0.3 is 14.8 Å². The molecule has 1 aromatic heterocycles. The monoisotopic (exact) mass is 369 g/mol. The number of nitrogens with one attached hydrogen (secondary N) is 1. The summed E-state index contributed by atoms with van der Waals surface area (Å²) < 4.78 is 43.8. The van der Waals surface area contributed by atoms with Crippen molar-refractivity contribution in [2.24, 2.45) is 0 Å². The van der Waals surface area contributed by atoms with Gasteiger partial charge in [0.05, 0.1) is 18.0 Å². The highest BCUT2D eigenvalue weighted by molar-refractivity contribution is 5.89. The van der Waals surface area contributed by atoms with Crippen LogP contribution in [0.1, 0.15) is 52.3 Å². The predicted molar refractivity (Wildman–Crippen MR) is 86.7 cm³/mol. The lowest BCUT2D eigenvalue weighted by Gasteiger charge is -2.16. The maximum absolute atomic E-state index is 12.9. The zero-order chi connectivity index (χ0) is 19.5. The number of amides is 1. The van der Waals surface area contributed by atoms with Crippen molar-refractivity contribution in [3.05, 3.63) is 58.5 Å². The Hall–Kier alpha value is -2.77. The number of hydrogen-bond acceptors (Lipinski definition) is 3. The lowest BCUT2D eigenvalue weighted by atomic mass is 9.94. The Morgan fingerprint density at radius 2 is 1.96 bits per heavy atom. The molecule has 0 saturated heterocycles. The first-order valence-corrected chi connectivity index (χ1v) is 7.91. The highest BCUT2D eigenvalue weighted by atomic mass is 19.4. The van der Waals surface area contributed by atoms with Crippen LogP contribution in [-0.4, -0.2) is 17.0 Å². The van der Waals surface area contributed by atoms with Gasteiger partial charge in [-0.15, -0.1) is 0 Å². The molecule has 0 saturated carbocycles. The molecule has 5 nitrogen and oxygen atoms in total. The lowest BCUT2D eigenvalue weighted by molar-refractivity contribution is -0.137. The molecule has 0 fully saturated rings. The number of alkyl halides is 3. The van der Waals surface area contributed by atoms with Crippen LogP contribution in [0.5, 0.6) is 0 Å². The Morgan fingerprint density at radius 3 is 2.50 bits per heavy atom. The third-order valence-corrected chi connectivity index (χ3v) is 3.98. The van der Waals surface area contributed by atoms with E-state index in [2.05, 4.69) is 5.32 Å². The summed E-state index contributed by atoms with van der Waals surface area (Å²) in [5.74, 6) is -1.89. The van der Waals surface area contributed by atoms with Crippen LogP contribution < -0.4 is 5.32 Å². The fourth-order valence-electron chi connectivity index (χ4n) is 2.64. The second-order valence-electron chi connectivity index (χ2n) is 5.79. The van der Waals surface area contributed by atoms with E-state index in [1.54, 1.807) is 6.92 Å². The fraction of sp³-hybridized carbons (Fsp3) is 0.333. The SMILES string of the molecule is CCC(C(=O)NCc1cc(C(=O)O)c(C)o1)c1cccc(C(F)(F)F)c1. The molecule has 2 rings (SSSR count). The summed E-state index contributed by atoms with van der Waals surface area (Å²) in [6.45, 7) is 3.14. The molecule has 140 valence electrons. The van der Waals surface area contributed by atoms with Gasteiger partial charge in [-0.3, -0.25) is 4.79 Å². The number of benzene rings is 1. The number of carboxylic acids is 1. The van der Waals surface area contributed by atoms with E-state index in [9.17, 15) is 22.8 Å². The van der Waals surface area contributed by atoms with Gasteiger partial charge in [-0.05, 0) is 31.0 Å². The fourth-order valence-corrected chi connectivity index (χ4v) is 2.64. The Balaban J connectivity index is 2.12. The summed E-state index contributed by atoms with van der Waals surface area (Å²) in [6.07, 6.45) is -4.17. The molecule has 1 unspecified atom stereocenters. The van der Waals surface area contributed by atoms with Crippen molar-refractivity contribution in [2.75, 3.05) is 0 Å². The van der Waals surface area contributed by atoms with Gasteiger partial charge in [0.25, 0.3) is 0 Å². The van der Waals surface area contributed by atoms with Gasteiger partial charge in [0.2, 0.25) is 5.91 Å². The Kier molecular flexibility index (Phi) is 5.74. The molecule has 0 aliphatic carbocycles. The summed E-state index contributed by atoms with van der Waals surface area (Å²) in [5, 5.41) is 11.6. The second kappa shape index (κ2) is 7.63. The van der Waals surface area contributed by atoms with Crippen molar-refractivity contribution in [1.82, 2.24) is 5.32 Å². The quantitative estimate of drug-likeness (QED) is 0.803. The van der Waals surface area contributed by atoms with Crippen LogP contribution in [0.15, 0.2) is 34.7 Å². The van der Waals surface area contributed by atoms with Crippen LogP contribution >= 0.6 is 0 Å². The number of aryl methyl sites for hydroxylation is 1. The Labute approximate surface area is 147 Å². The average Bonchev–Trinajstić information content (AvgIpc) is 2.94. The Bertz CT molecular complexity index is 811. The van der Waals surface area contributed by atoms with Crippen molar-refractivity contribution >= 4 is 11.9 Å². The van der Waals surface area contributed by atoms with Gasteiger partial charge in [-0.1, -0.05) is 25.1 Å². The molecule has 1 aromatic carbocycles. The first-order valence-electron chi connectivity index (χ1n) is 7.91. The van der Waals surface area contributed by atoms with Crippen LogP contribution in [0, 0.1) is 6.92 Å². The zero-order valence-electron chi connectivity index (χ0n) is 14.2. The third-order valence-electron chi connectivity index (χ3n) is 3.98. The zero-order valence-corrected chi connectivity index (χ0v) is 14.2. The molecule has 1 amide bonds. The largest absolute Gasteiger partial charge is 0.478 e. The molecular weight excluding hydrogens is 351 g/mol. The van der Waals surface area contributed by atoms with Crippen molar-refractivity contribution < 1.29 is 32.3 Å². The van der Waals surface area contributed by atoms with Gasteiger partial charge in [0, 0.05) is 0 Å². The van der Waals surface area contributed by atoms with E-state index in [-0.39, 0.29) is 29.2 Å². The highest BCUT2D eigenvalue weighted by Crippen LogP contribution is 2.32. The lowest BCUT2D eigenvalue weighted by Crippen LogP contribution is -2.28. The minimum absolute atomic E-state index is 0.000770. The summed E-state index contributed by atoms with van der Waals surface area (Å²) >= 11 is 0. The number of rotatable bonds is 6. The van der Waals surface area contributed by atoms with E-state index < -0.39 is 29.5 Å². The third kappa shape index (κ3) is 4.44. The van der Waals surface area contributed by atoms with Crippen molar-refractivity contribution in [3.8, 4) is 0 Å². The highest BCUT2D eigenvalue weighted by Gasteiger charge is 2.31. The van der Waals surface area contributed by atoms with Crippen LogP contribution in [0.2, 0.25) is 0 Å². The molecular formula is C18H18F3NO4. The van der Waals surface area contributed by atoms with Gasteiger partial charge in [-0.25, -0.2) is 4.79 Å². The topological polar surface area (TPSA) is 79.5 Å². The number of halogens is 3. The number of furan rings is 1. The predicted octanol–water partition coefficient (Wildman–Crippen LogP) is 4.12. The maximum atomic E-state index is 12.9. The smallest absolute Gasteiger partial charge is 0.416 e. The van der Waals surface area contributed by atoms with Gasteiger partial charge in [0.15, 0.2) is 0 Å². The van der Waals surface area contributed by atoms with E-state index in [0.717, 1.165) is 12.1 Å². The molecule has 2 N–H and O–H groups in total. The molecule has 1 atom stereocenters. The van der Waals surface area contributed by atoms with E-state index >= 15 is 0 Å². The van der Waals surface area contributed by atoms with E-state index in [4.69, 9.17) is 9.52 Å². The van der Waals surface area contributed by atoms with Crippen molar-refractivity contribution in [3.63, 3.8) is 0 Å². The Morgan fingerprint density at radius 1 is 1.27 bits per heavy atom. The minimum atomic E-state index is -4.48. The molecule has 26 heavy (non-hydrogen) atoms. The molecule has 0 bridgehead atoms. The van der Waals surface area contributed by atoms with Gasteiger partial charge in [0.1, 0.15) is 17.1 Å². The summed E-state index contributed by atoms with van der Waals surface area (Å²) in [4.78, 5) is 23.4. The average molecular weight is 369 g/mol. The first-order chi connectivity index (χ1) is 12.1. The van der Waals surface area contributed by atoms with Crippen LogP contribution in [0.3, 0.4) is 0 Å². The minimum Gasteiger partial charge on any atom is -0.478 e. The van der Waals surface area contributed by atoms with Crippen LogP contribution in [0.4, 0.5) is 13.2 Å². The normalized spacial score (nSPS) is 12.7. The molecule has 0 spiro atoms. The molecule has 0 aliphatic rings. The standard InChI is InChI=1S/C18H18F3NO4/c1-3-14(11-5-4-6-12(7-11)18(19,20)21)16(23)22-9-13-8-15(17(24)25)10(2)26-13/h4-8,14H,3,9H2,1-2H3,(H,22,23)(H,24,25). The molecule has 2 aromatic rings. The number of hydrogen-bond donors (Lipinski definition) is 2. The van der Waals surface area contributed by atoms with Crippen molar-refractivity contribution in [1.29, 1.82) is 0 Å². The summed E-state index contributed by atoms with van der Waals surface area (Å²) in [5.41, 5.74) is -0.546. The molecule has 1 heterocycles. The van der Waals surface area contributed by atoms with E-state index in [1.165, 1.54) is 25.1 Å². The maximum Gasteiger partial charge on any atom is 0.416 e. The molecule has 0 aliphatic heterocycles. The number of carboxylic acid groups (broad SMARTS) is 1. The number of aromatic carboxylic acids is 1. The van der Waals surface area contributed by atoms with Gasteiger partial charge >= 0.3 is 12.1 Å². The van der Waals surface area contributed by atoms with Gasteiger partial charge in [-0.2, -0.15) is 13.2 Å². The summed E-state index contributed by atoms with van der Waals surface area (Å²) in [6, 6.07) is 5.97. The van der Waals surface area contributed by atoms with Crippen molar-refractivity contribution in [2.45, 2.75) is 38.9 Å². The number of carbonyl (C=O) groups is 2. The van der Waals surface area contributed by atoms with Crippen LogP contribution in [0.25, 0.3) is 0 Å². The second-order valence-corrected chi connectivity index (χ2v) is 5.79. The molecule has 8 heteroatoms.